The van der Waals surface area contributed by atoms with Crippen LogP contribution < -0.4 is 5.32 Å². The highest BCUT2D eigenvalue weighted by Gasteiger charge is 2.15. The SMILES string of the molecule is O=[N+]([O-])c1cc(Br)ccc1Nc1ccc(I)cc1Br. The van der Waals surface area contributed by atoms with Crippen LogP contribution in [0.5, 0.6) is 0 Å². The molecule has 0 amide bonds. The first-order chi connectivity index (χ1) is 8.97. The van der Waals surface area contributed by atoms with E-state index in [1.807, 2.05) is 18.2 Å². The van der Waals surface area contributed by atoms with E-state index in [1.54, 1.807) is 12.1 Å². The lowest BCUT2D eigenvalue weighted by Crippen LogP contribution is -1.97. The van der Waals surface area contributed by atoms with Crippen LogP contribution in [-0.4, -0.2) is 4.92 Å². The zero-order valence-corrected chi connectivity index (χ0v) is 14.7. The quantitative estimate of drug-likeness (QED) is 0.348. The zero-order chi connectivity index (χ0) is 14.0. The van der Waals surface area contributed by atoms with Gasteiger partial charge in [0.2, 0.25) is 0 Å². The minimum atomic E-state index is -0.409. The van der Waals surface area contributed by atoms with Crippen molar-refractivity contribution in [3.8, 4) is 0 Å². The minimum absolute atomic E-state index is 0.0276. The van der Waals surface area contributed by atoms with Gasteiger partial charge in [0.25, 0.3) is 5.69 Å². The molecule has 2 rings (SSSR count). The predicted molar refractivity (Wildman–Crippen MR) is 90.9 cm³/mol. The van der Waals surface area contributed by atoms with E-state index in [-0.39, 0.29) is 5.69 Å². The van der Waals surface area contributed by atoms with Crippen LogP contribution in [0.15, 0.2) is 45.3 Å². The number of nitro benzene ring substituents is 1. The Kier molecular flexibility index (Phi) is 4.80. The smallest absolute Gasteiger partial charge is 0.293 e. The first-order valence-corrected chi connectivity index (χ1v) is 7.80. The van der Waals surface area contributed by atoms with Crippen molar-refractivity contribution < 1.29 is 4.92 Å². The third-order valence-corrected chi connectivity index (χ3v) is 4.18. The molecule has 0 saturated carbocycles. The second-order valence-corrected chi connectivity index (χ2v) is 6.68. The summed E-state index contributed by atoms with van der Waals surface area (Å²) < 4.78 is 2.61. The van der Waals surface area contributed by atoms with Crippen LogP contribution in [-0.2, 0) is 0 Å². The molecule has 98 valence electrons. The number of benzene rings is 2. The van der Waals surface area contributed by atoms with Crippen molar-refractivity contribution in [2.24, 2.45) is 0 Å². The van der Waals surface area contributed by atoms with Crippen molar-refractivity contribution in [3.05, 3.63) is 59.0 Å². The molecule has 0 aliphatic heterocycles. The number of hydrogen-bond acceptors (Lipinski definition) is 3. The van der Waals surface area contributed by atoms with E-state index in [4.69, 9.17) is 0 Å². The monoisotopic (exact) mass is 496 g/mol. The normalized spacial score (nSPS) is 10.3. The second kappa shape index (κ2) is 6.19. The zero-order valence-electron chi connectivity index (χ0n) is 9.36. The van der Waals surface area contributed by atoms with Crippen molar-refractivity contribution in [1.82, 2.24) is 0 Å². The van der Waals surface area contributed by atoms with E-state index in [1.165, 1.54) is 6.07 Å². The number of nitrogens with zero attached hydrogens (tertiary/aromatic N) is 1. The molecule has 0 aliphatic rings. The third-order valence-electron chi connectivity index (χ3n) is 2.36. The summed E-state index contributed by atoms with van der Waals surface area (Å²) in [6, 6.07) is 10.6. The standard InChI is InChI=1S/C12H7Br2IN2O2/c13-7-1-3-11(12(5-7)17(18)19)16-10-4-2-8(15)6-9(10)14/h1-6,16H. The summed E-state index contributed by atoms with van der Waals surface area (Å²) in [7, 11) is 0. The molecule has 1 N–H and O–H groups in total. The fourth-order valence-corrected chi connectivity index (χ4v) is 3.24. The van der Waals surface area contributed by atoms with Crippen molar-refractivity contribution in [2.75, 3.05) is 5.32 Å². The van der Waals surface area contributed by atoms with Gasteiger partial charge in [0.15, 0.2) is 0 Å². The second-order valence-electron chi connectivity index (χ2n) is 3.67. The first-order valence-electron chi connectivity index (χ1n) is 5.13. The molecule has 0 aromatic heterocycles. The molecule has 0 heterocycles. The van der Waals surface area contributed by atoms with Gasteiger partial charge in [0.1, 0.15) is 5.69 Å². The van der Waals surface area contributed by atoms with Gasteiger partial charge in [-0.1, -0.05) is 15.9 Å². The van der Waals surface area contributed by atoms with Crippen LogP contribution in [0.4, 0.5) is 17.1 Å². The highest BCUT2D eigenvalue weighted by Crippen LogP contribution is 2.33. The van der Waals surface area contributed by atoms with Crippen molar-refractivity contribution in [2.45, 2.75) is 0 Å². The summed E-state index contributed by atoms with van der Waals surface area (Å²) in [5.74, 6) is 0. The number of nitrogens with one attached hydrogen (secondary N) is 1. The highest BCUT2D eigenvalue weighted by molar-refractivity contribution is 14.1. The molecular formula is C12H7Br2IN2O2. The molecule has 0 unspecified atom stereocenters. The number of rotatable bonds is 3. The summed E-state index contributed by atoms with van der Waals surface area (Å²) in [5.41, 5.74) is 1.26. The maximum absolute atomic E-state index is 11.0. The Balaban J connectivity index is 2.40. The van der Waals surface area contributed by atoms with Gasteiger partial charge in [-0.3, -0.25) is 10.1 Å². The van der Waals surface area contributed by atoms with Gasteiger partial charge in [0.05, 0.1) is 10.6 Å². The van der Waals surface area contributed by atoms with Crippen LogP contribution in [0.3, 0.4) is 0 Å². The molecule has 4 nitrogen and oxygen atoms in total. The van der Waals surface area contributed by atoms with Gasteiger partial charge >= 0.3 is 0 Å². The highest BCUT2D eigenvalue weighted by atomic mass is 127. The van der Waals surface area contributed by atoms with E-state index in [9.17, 15) is 10.1 Å². The third kappa shape index (κ3) is 3.67. The molecule has 7 heteroatoms. The van der Waals surface area contributed by atoms with Crippen LogP contribution in [0.25, 0.3) is 0 Å². The summed E-state index contributed by atoms with van der Waals surface area (Å²) in [4.78, 5) is 10.6. The lowest BCUT2D eigenvalue weighted by molar-refractivity contribution is -0.384. The molecular weight excluding hydrogens is 491 g/mol. The van der Waals surface area contributed by atoms with Crippen molar-refractivity contribution in [3.63, 3.8) is 0 Å². The van der Waals surface area contributed by atoms with E-state index >= 15 is 0 Å². The Morgan fingerprint density at radius 1 is 1.11 bits per heavy atom. The van der Waals surface area contributed by atoms with Gasteiger partial charge in [-0.25, -0.2) is 0 Å². The average molecular weight is 498 g/mol. The number of hydrogen-bond donors (Lipinski definition) is 1. The Labute approximate surface area is 140 Å². The Morgan fingerprint density at radius 2 is 1.79 bits per heavy atom. The average Bonchev–Trinajstić information content (AvgIpc) is 2.34. The summed E-state index contributed by atoms with van der Waals surface area (Å²) in [5, 5.41) is 14.1. The summed E-state index contributed by atoms with van der Waals surface area (Å²) >= 11 is 8.87. The molecule has 0 atom stereocenters. The maximum atomic E-state index is 11.0. The van der Waals surface area contributed by atoms with Gasteiger partial charge in [-0.2, -0.15) is 0 Å². The van der Waals surface area contributed by atoms with E-state index in [0.29, 0.717) is 10.2 Å². The number of halogens is 3. The molecule has 2 aromatic rings. The fraction of sp³-hybridized carbons (Fsp3) is 0. The van der Waals surface area contributed by atoms with Crippen LogP contribution in [0, 0.1) is 13.7 Å². The Bertz CT molecular complexity index is 650. The summed E-state index contributed by atoms with van der Waals surface area (Å²) in [6.45, 7) is 0. The van der Waals surface area contributed by atoms with E-state index in [0.717, 1.165) is 13.7 Å². The largest absolute Gasteiger partial charge is 0.349 e. The lowest BCUT2D eigenvalue weighted by atomic mass is 10.2. The predicted octanol–water partition coefficient (Wildman–Crippen LogP) is 5.47. The molecule has 0 aliphatic carbocycles. The number of nitro groups is 1. The summed E-state index contributed by atoms with van der Waals surface area (Å²) in [6.07, 6.45) is 0. The Morgan fingerprint density at radius 3 is 2.42 bits per heavy atom. The molecule has 0 spiro atoms. The molecule has 0 bridgehead atoms. The fourth-order valence-electron chi connectivity index (χ4n) is 1.50. The maximum Gasteiger partial charge on any atom is 0.293 e. The van der Waals surface area contributed by atoms with Crippen molar-refractivity contribution >= 4 is 71.5 Å². The molecule has 0 saturated heterocycles. The number of anilines is 2. The van der Waals surface area contributed by atoms with Crippen LogP contribution >= 0.6 is 54.5 Å². The van der Waals surface area contributed by atoms with E-state index in [2.05, 4.69) is 59.8 Å². The van der Waals surface area contributed by atoms with E-state index < -0.39 is 4.92 Å². The molecule has 0 fully saturated rings. The van der Waals surface area contributed by atoms with Gasteiger partial charge in [-0.05, 0) is 68.9 Å². The van der Waals surface area contributed by atoms with Gasteiger partial charge < -0.3 is 5.32 Å². The van der Waals surface area contributed by atoms with Crippen LogP contribution in [0.1, 0.15) is 0 Å². The first kappa shape index (κ1) is 14.7. The minimum Gasteiger partial charge on any atom is -0.349 e. The van der Waals surface area contributed by atoms with Gasteiger partial charge in [-0.15, -0.1) is 0 Å². The van der Waals surface area contributed by atoms with Crippen molar-refractivity contribution in [1.29, 1.82) is 0 Å². The molecule has 0 radical (unpaired) electrons. The van der Waals surface area contributed by atoms with Gasteiger partial charge in [0, 0.05) is 18.6 Å². The molecule has 19 heavy (non-hydrogen) atoms. The van der Waals surface area contributed by atoms with Crippen LogP contribution in [0.2, 0.25) is 0 Å². The lowest BCUT2D eigenvalue weighted by Gasteiger charge is -2.09. The molecule has 2 aromatic carbocycles. The topological polar surface area (TPSA) is 55.2 Å². The Hall–Kier alpha value is -0.670.